The molecule has 0 bridgehead atoms. The summed E-state index contributed by atoms with van der Waals surface area (Å²) in [5, 5.41) is 11.4. The average Bonchev–Trinajstić information content (AvgIpc) is 3.40. The number of ether oxygens (including phenoxy) is 2. The van der Waals surface area contributed by atoms with Crippen molar-refractivity contribution in [1.82, 2.24) is 4.98 Å². The molecule has 0 radical (unpaired) electrons. The van der Waals surface area contributed by atoms with Crippen molar-refractivity contribution in [2.45, 2.75) is 45.3 Å². The number of unbranched alkanes of at least 4 members (excludes halogenated alkanes) is 1. The van der Waals surface area contributed by atoms with Crippen LogP contribution < -0.4 is 14.4 Å². The maximum absolute atomic E-state index is 13.3. The van der Waals surface area contributed by atoms with E-state index in [2.05, 4.69) is 11.9 Å². The van der Waals surface area contributed by atoms with E-state index < -0.39 is 17.7 Å². The van der Waals surface area contributed by atoms with E-state index >= 15 is 0 Å². The van der Waals surface area contributed by atoms with E-state index in [0.29, 0.717) is 35.7 Å². The number of hydrogen-bond donors (Lipinski definition) is 1. The van der Waals surface area contributed by atoms with E-state index in [1.165, 1.54) is 4.90 Å². The van der Waals surface area contributed by atoms with Gasteiger partial charge >= 0.3 is 5.91 Å². The van der Waals surface area contributed by atoms with Crippen LogP contribution in [0, 0.1) is 0 Å². The lowest BCUT2D eigenvalue weighted by Gasteiger charge is -2.24. The van der Waals surface area contributed by atoms with Crippen LogP contribution >= 0.6 is 0 Å². The van der Waals surface area contributed by atoms with E-state index in [1.54, 1.807) is 36.5 Å². The van der Waals surface area contributed by atoms with Crippen LogP contribution in [0.3, 0.4) is 0 Å². The molecular formula is C29H28N2O5. The highest BCUT2D eigenvalue weighted by molar-refractivity contribution is 6.51. The van der Waals surface area contributed by atoms with Gasteiger partial charge in [-0.25, -0.2) is 4.98 Å². The van der Waals surface area contributed by atoms with Crippen molar-refractivity contribution in [3.63, 3.8) is 0 Å². The molecule has 1 amide bonds. The Morgan fingerprint density at radius 1 is 1.14 bits per heavy atom. The van der Waals surface area contributed by atoms with Crippen molar-refractivity contribution in [3.8, 4) is 11.5 Å². The molecule has 2 aliphatic heterocycles. The topological polar surface area (TPSA) is 89.0 Å². The Bertz CT molecular complexity index is 1320. The average molecular weight is 485 g/mol. The Morgan fingerprint density at radius 2 is 1.94 bits per heavy atom. The number of nitrogens with zero attached hydrogens (tertiary/aromatic N) is 2. The van der Waals surface area contributed by atoms with Gasteiger partial charge in [0.1, 0.15) is 29.2 Å². The molecule has 5 rings (SSSR count). The standard InChI is InChI=1S/C29H28N2O5/c1-3-4-15-35-22-11-8-19(9-12-22)26-25(28(33)29(34)31(26)24-7-5-6-14-30-24)27(32)20-10-13-23-21(17-20)16-18(2)36-23/h5-14,17-18,26,32H,3-4,15-16H2,1-2H3. The lowest BCUT2D eigenvalue weighted by atomic mass is 9.94. The first-order valence-corrected chi connectivity index (χ1v) is 12.2. The number of aliphatic hydroxyl groups excluding tert-OH is 1. The van der Waals surface area contributed by atoms with Gasteiger partial charge in [-0.15, -0.1) is 0 Å². The molecule has 7 nitrogen and oxygen atoms in total. The zero-order chi connectivity index (χ0) is 25.2. The van der Waals surface area contributed by atoms with Gasteiger partial charge in [0.15, 0.2) is 0 Å². The highest BCUT2D eigenvalue weighted by atomic mass is 16.5. The number of fused-ring (bicyclic) bond motifs is 1. The van der Waals surface area contributed by atoms with Gasteiger partial charge in [0.05, 0.1) is 18.2 Å². The lowest BCUT2D eigenvalue weighted by Crippen LogP contribution is -2.30. The minimum atomic E-state index is -0.840. The quantitative estimate of drug-likeness (QED) is 0.214. The number of carbonyl (C=O) groups excluding carboxylic acids is 2. The van der Waals surface area contributed by atoms with E-state index in [-0.39, 0.29) is 17.4 Å². The second-order valence-electron chi connectivity index (χ2n) is 9.08. The number of Topliss-reactive ketones (excluding diaryl/α,β-unsaturated/α-hetero) is 1. The Kier molecular flexibility index (Phi) is 6.46. The number of hydrogen-bond acceptors (Lipinski definition) is 6. The first-order chi connectivity index (χ1) is 17.5. The lowest BCUT2D eigenvalue weighted by molar-refractivity contribution is -0.132. The molecule has 1 aromatic heterocycles. The number of anilines is 1. The van der Waals surface area contributed by atoms with E-state index in [1.807, 2.05) is 37.3 Å². The molecule has 3 heterocycles. The number of aliphatic hydroxyl groups is 1. The summed E-state index contributed by atoms with van der Waals surface area (Å²) in [6.45, 7) is 4.69. The normalized spacial score (nSPS) is 20.3. The Morgan fingerprint density at radius 3 is 2.67 bits per heavy atom. The first-order valence-electron chi connectivity index (χ1n) is 12.2. The van der Waals surface area contributed by atoms with Gasteiger partial charge in [0.25, 0.3) is 5.78 Å². The second-order valence-corrected chi connectivity index (χ2v) is 9.08. The van der Waals surface area contributed by atoms with Crippen LogP contribution in [-0.2, 0) is 16.0 Å². The number of pyridine rings is 1. The van der Waals surface area contributed by atoms with Gasteiger partial charge in [0, 0.05) is 18.2 Å². The number of ketones is 1. The predicted molar refractivity (Wildman–Crippen MR) is 136 cm³/mol. The minimum absolute atomic E-state index is 0.0252. The fraction of sp³-hybridized carbons (Fsp3) is 0.276. The molecule has 2 aromatic carbocycles. The number of carbonyl (C=O) groups is 2. The molecular weight excluding hydrogens is 456 g/mol. The summed E-state index contributed by atoms with van der Waals surface area (Å²) in [6.07, 6.45) is 4.31. The summed E-state index contributed by atoms with van der Waals surface area (Å²) >= 11 is 0. The SMILES string of the molecule is CCCCOc1ccc(C2C(=C(O)c3ccc4c(c3)CC(C)O4)C(=O)C(=O)N2c2ccccn2)cc1. The maximum Gasteiger partial charge on any atom is 0.301 e. The number of amides is 1. The smallest absolute Gasteiger partial charge is 0.301 e. The molecule has 0 spiro atoms. The van der Waals surface area contributed by atoms with Gasteiger partial charge in [-0.2, -0.15) is 0 Å². The van der Waals surface area contributed by atoms with Gasteiger partial charge in [-0.1, -0.05) is 31.5 Å². The van der Waals surface area contributed by atoms with Crippen molar-refractivity contribution in [2.75, 3.05) is 11.5 Å². The van der Waals surface area contributed by atoms with Gasteiger partial charge in [-0.05, 0) is 66.9 Å². The molecule has 7 heteroatoms. The van der Waals surface area contributed by atoms with Gasteiger partial charge in [0.2, 0.25) is 0 Å². The van der Waals surface area contributed by atoms with Crippen molar-refractivity contribution in [3.05, 3.63) is 89.1 Å². The molecule has 2 atom stereocenters. The zero-order valence-corrected chi connectivity index (χ0v) is 20.3. The molecule has 0 saturated carbocycles. The Balaban J connectivity index is 1.59. The summed E-state index contributed by atoms with van der Waals surface area (Å²) < 4.78 is 11.5. The predicted octanol–water partition coefficient (Wildman–Crippen LogP) is 5.21. The van der Waals surface area contributed by atoms with E-state index in [9.17, 15) is 14.7 Å². The third-order valence-electron chi connectivity index (χ3n) is 6.47. The number of rotatable bonds is 7. The molecule has 1 saturated heterocycles. The zero-order valence-electron chi connectivity index (χ0n) is 20.3. The molecule has 1 N–H and O–H groups in total. The highest BCUT2D eigenvalue weighted by Crippen LogP contribution is 2.42. The van der Waals surface area contributed by atoms with Gasteiger partial charge in [-0.3, -0.25) is 14.5 Å². The van der Waals surface area contributed by atoms with Crippen molar-refractivity contribution in [2.24, 2.45) is 0 Å². The van der Waals surface area contributed by atoms with Crippen molar-refractivity contribution >= 4 is 23.3 Å². The van der Waals surface area contributed by atoms with Crippen molar-refractivity contribution < 1.29 is 24.2 Å². The van der Waals surface area contributed by atoms with Crippen LogP contribution in [0.15, 0.2) is 72.4 Å². The summed E-state index contributed by atoms with van der Waals surface area (Å²) in [7, 11) is 0. The summed E-state index contributed by atoms with van der Waals surface area (Å²) in [4.78, 5) is 32.2. The fourth-order valence-corrected chi connectivity index (χ4v) is 4.69. The molecule has 2 aliphatic rings. The van der Waals surface area contributed by atoms with Crippen LogP contribution in [0.1, 0.15) is 49.4 Å². The molecule has 1 fully saturated rings. The van der Waals surface area contributed by atoms with Crippen LogP contribution in [0.2, 0.25) is 0 Å². The largest absolute Gasteiger partial charge is 0.507 e. The van der Waals surface area contributed by atoms with Crippen LogP contribution in [-0.4, -0.2) is 34.5 Å². The number of benzene rings is 2. The third kappa shape index (κ3) is 4.33. The van der Waals surface area contributed by atoms with E-state index in [4.69, 9.17) is 9.47 Å². The third-order valence-corrected chi connectivity index (χ3v) is 6.47. The summed E-state index contributed by atoms with van der Waals surface area (Å²) in [6, 6.07) is 16.9. The molecule has 36 heavy (non-hydrogen) atoms. The van der Waals surface area contributed by atoms with Crippen LogP contribution in [0.5, 0.6) is 11.5 Å². The van der Waals surface area contributed by atoms with Crippen LogP contribution in [0.25, 0.3) is 5.76 Å². The molecule has 2 unspecified atom stereocenters. The Hall–Kier alpha value is -4.13. The molecule has 184 valence electrons. The van der Waals surface area contributed by atoms with E-state index in [0.717, 1.165) is 24.2 Å². The summed E-state index contributed by atoms with van der Waals surface area (Å²) in [5.74, 6) is 0.0987. The first kappa shape index (κ1) is 23.6. The Labute approximate surface area is 210 Å². The number of aromatic nitrogens is 1. The maximum atomic E-state index is 13.3. The van der Waals surface area contributed by atoms with Gasteiger partial charge < -0.3 is 14.6 Å². The monoisotopic (exact) mass is 484 g/mol. The molecule has 3 aromatic rings. The molecule has 0 aliphatic carbocycles. The second kappa shape index (κ2) is 9.85. The summed E-state index contributed by atoms with van der Waals surface area (Å²) in [5.41, 5.74) is 2.12. The fourth-order valence-electron chi connectivity index (χ4n) is 4.69. The highest BCUT2D eigenvalue weighted by Gasteiger charge is 2.47. The van der Waals surface area contributed by atoms with Crippen LogP contribution in [0.4, 0.5) is 5.82 Å². The minimum Gasteiger partial charge on any atom is -0.507 e. The van der Waals surface area contributed by atoms with Crippen molar-refractivity contribution in [1.29, 1.82) is 0 Å².